The molecule has 3 heterocycles. The Morgan fingerprint density at radius 1 is 1.21 bits per heavy atom. The molecule has 0 spiro atoms. The van der Waals surface area contributed by atoms with Crippen LogP contribution in [0.2, 0.25) is 5.02 Å². The summed E-state index contributed by atoms with van der Waals surface area (Å²) in [6.45, 7) is 1.54. The van der Waals surface area contributed by atoms with Crippen molar-refractivity contribution in [2.75, 3.05) is 18.5 Å². The second kappa shape index (κ2) is 6.37. The minimum Gasteiger partial charge on any atom is -0.381 e. The molecule has 1 aromatic carbocycles. The number of rotatable bonds is 3. The Kier molecular flexibility index (Phi) is 4.08. The van der Waals surface area contributed by atoms with Crippen molar-refractivity contribution in [2.45, 2.75) is 18.9 Å². The van der Waals surface area contributed by atoms with Crippen LogP contribution in [0.3, 0.4) is 0 Å². The third kappa shape index (κ3) is 2.95. The van der Waals surface area contributed by atoms with E-state index in [0.29, 0.717) is 6.04 Å². The first-order valence-electron chi connectivity index (χ1n) is 7.85. The molecule has 3 aromatic rings. The van der Waals surface area contributed by atoms with E-state index in [1.165, 1.54) is 6.07 Å². The van der Waals surface area contributed by atoms with E-state index in [-0.39, 0.29) is 5.02 Å². The molecule has 7 heteroatoms. The molecule has 0 aliphatic carbocycles. The largest absolute Gasteiger partial charge is 0.381 e. The number of benzene rings is 1. The molecule has 0 bridgehead atoms. The van der Waals surface area contributed by atoms with E-state index >= 15 is 0 Å². The summed E-state index contributed by atoms with van der Waals surface area (Å²) in [7, 11) is 0. The van der Waals surface area contributed by atoms with E-state index < -0.39 is 5.82 Å². The molecule has 1 N–H and O–H groups in total. The summed E-state index contributed by atoms with van der Waals surface area (Å²) in [4.78, 5) is 4.35. The van der Waals surface area contributed by atoms with Gasteiger partial charge in [-0.05, 0) is 43.2 Å². The van der Waals surface area contributed by atoms with E-state index in [1.54, 1.807) is 22.8 Å². The number of aromatic nitrogens is 3. The molecule has 1 aliphatic heterocycles. The Morgan fingerprint density at radius 3 is 2.83 bits per heavy atom. The standard InChI is InChI=1S/C17H16ClFN4O/c18-13-9-11(1-2-14(13)19)15-10-20-17-4-3-16(22-23(15)17)21-12-5-7-24-8-6-12/h1-4,9-10,12H,5-8H2,(H,21,22). The highest BCUT2D eigenvalue weighted by molar-refractivity contribution is 6.31. The summed E-state index contributed by atoms with van der Waals surface area (Å²) in [5.74, 6) is 0.339. The van der Waals surface area contributed by atoms with E-state index in [2.05, 4.69) is 15.4 Å². The van der Waals surface area contributed by atoms with Gasteiger partial charge in [0.1, 0.15) is 11.6 Å². The van der Waals surface area contributed by atoms with E-state index in [9.17, 15) is 4.39 Å². The normalized spacial score (nSPS) is 15.8. The molecule has 4 rings (SSSR count). The van der Waals surface area contributed by atoms with Gasteiger partial charge >= 0.3 is 0 Å². The van der Waals surface area contributed by atoms with Crippen LogP contribution in [-0.4, -0.2) is 33.9 Å². The number of halogens is 2. The minimum absolute atomic E-state index is 0.0823. The van der Waals surface area contributed by atoms with Crippen molar-refractivity contribution in [3.05, 3.63) is 47.4 Å². The van der Waals surface area contributed by atoms with Crippen LogP contribution in [0.1, 0.15) is 12.8 Å². The SMILES string of the molecule is Fc1ccc(-c2cnc3ccc(NC4CCOCC4)nn23)cc1Cl. The predicted octanol–water partition coefficient (Wildman–Crippen LogP) is 3.78. The Bertz CT molecular complexity index is 876. The van der Waals surface area contributed by atoms with Crippen LogP contribution in [0.25, 0.3) is 16.9 Å². The van der Waals surface area contributed by atoms with Crippen LogP contribution in [0.15, 0.2) is 36.5 Å². The van der Waals surface area contributed by atoms with Gasteiger partial charge in [0.2, 0.25) is 0 Å². The number of anilines is 1. The van der Waals surface area contributed by atoms with Crippen molar-refractivity contribution >= 4 is 23.1 Å². The summed E-state index contributed by atoms with van der Waals surface area (Å²) in [5.41, 5.74) is 2.26. The molecule has 5 nitrogen and oxygen atoms in total. The highest BCUT2D eigenvalue weighted by Crippen LogP contribution is 2.26. The molecule has 1 saturated heterocycles. The average molecular weight is 347 g/mol. The van der Waals surface area contributed by atoms with Crippen LogP contribution in [0, 0.1) is 5.82 Å². The molecular weight excluding hydrogens is 331 g/mol. The lowest BCUT2D eigenvalue weighted by molar-refractivity contribution is 0.0903. The van der Waals surface area contributed by atoms with E-state index in [1.807, 2.05) is 12.1 Å². The summed E-state index contributed by atoms with van der Waals surface area (Å²) in [6.07, 6.45) is 3.64. The zero-order valence-electron chi connectivity index (χ0n) is 12.9. The zero-order chi connectivity index (χ0) is 16.5. The number of ether oxygens (including phenoxy) is 1. The molecule has 2 aromatic heterocycles. The summed E-state index contributed by atoms with van der Waals surface area (Å²) >= 11 is 5.89. The molecule has 1 aliphatic rings. The van der Waals surface area contributed by atoms with Gasteiger partial charge in [0.15, 0.2) is 5.65 Å². The fourth-order valence-electron chi connectivity index (χ4n) is 2.85. The van der Waals surface area contributed by atoms with Gasteiger partial charge in [0.25, 0.3) is 0 Å². The molecule has 0 amide bonds. The Hall–Kier alpha value is -2.18. The first-order valence-corrected chi connectivity index (χ1v) is 8.23. The lowest BCUT2D eigenvalue weighted by Gasteiger charge is -2.23. The number of hydrogen-bond donors (Lipinski definition) is 1. The van der Waals surface area contributed by atoms with E-state index in [0.717, 1.165) is 48.8 Å². The number of hydrogen-bond acceptors (Lipinski definition) is 4. The molecule has 0 atom stereocenters. The van der Waals surface area contributed by atoms with Gasteiger partial charge in [-0.2, -0.15) is 0 Å². The maximum absolute atomic E-state index is 13.4. The van der Waals surface area contributed by atoms with Crippen molar-refractivity contribution in [1.29, 1.82) is 0 Å². The lowest BCUT2D eigenvalue weighted by Crippen LogP contribution is -2.28. The number of imidazole rings is 1. The van der Waals surface area contributed by atoms with Crippen LogP contribution in [0.4, 0.5) is 10.2 Å². The fourth-order valence-corrected chi connectivity index (χ4v) is 3.03. The summed E-state index contributed by atoms with van der Waals surface area (Å²) in [5, 5.41) is 8.14. The highest BCUT2D eigenvalue weighted by atomic mass is 35.5. The fraction of sp³-hybridized carbons (Fsp3) is 0.294. The number of nitrogens with zero attached hydrogens (tertiary/aromatic N) is 3. The molecule has 24 heavy (non-hydrogen) atoms. The van der Waals surface area contributed by atoms with Crippen molar-refractivity contribution in [2.24, 2.45) is 0 Å². The highest BCUT2D eigenvalue weighted by Gasteiger charge is 2.15. The summed E-state index contributed by atoms with van der Waals surface area (Å²) < 4.78 is 20.5. The molecule has 0 saturated carbocycles. The second-order valence-electron chi connectivity index (χ2n) is 5.79. The average Bonchev–Trinajstić information content (AvgIpc) is 3.01. The second-order valence-corrected chi connectivity index (χ2v) is 6.20. The monoisotopic (exact) mass is 346 g/mol. The molecule has 0 unspecified atom stereocenters. The molecule has 0 radical (unpaired) electrons. The molecule has 1 fully saturated rings. The van der Waals surface area contributed by atoms with Crippen LogP contribution >= 0.6 is 11.6 Å². The number of fused-ring (bicyclic) bond motifs is 1. The van der Waals surface area contributed by atoms with E-state index in [4.69, 9.17) is 16.3 Å². The first kappa shape index (κ1) is 15.4. The smallest absolute Gasteiger partial charge is 0.154 e. The molecular formula is C17H16ClFN4O. The topological polar surface area (TPSA) is 51.5 Å². The van der Waals surface area contributed by atoms with Crippen molar-refractivity contribution < 1.29 is 9.13 Å². The Morgan fingerprint density at radius 2 is 2.04 bits per heavy atom. The zero-order valence-corrected chi connectivity index (χ0v) is 13.6. The predicted molar refractivity (Wildman–Crippen MR) is 90.9 cm³/mol. The van der Waals surface area contributed by atoms with Crippen LogP contribution in [-0.2, 0) is 4.74 Å². The van der Waals surface area contributed by atoms with Gasteiger partial charge in [-0.3, -0.25) is 0 Å². The van der Waals surface area contributed by atoms with Crippen molar-refractivity contribution in [3.63, 3.8) is 0 Å². The van der Waals surface area contributed by atoms with Gasteiger partial charge in [-0.1, -0.05) is 11.6 Å². The van der Waals surface area contributed by atoms with Gasteiger partial charge in [-0.25, -0.2) is 13.9 Å². The quantitative estimate of drug-likeness (QED) is 0.784. The Balaban J connectivity index is 1.68. The summed E-state index contributed by atoms with van der Waals surface area (Å²) in [6, 6.07) is 8.78. The Labute approximate surface area is 143 Å². The van der Waals surface area contributed by atoms with Gasteiger partial charge in [0, 0.05) is 24.8 Å². The van der Waals surface area contributed by atoms with Crippen molar-refractivity contribution in [1.82, 2.24) is 14.6 Å². The molecule has 124 valence electrons. The van der Waals surface area contributed by atoms with Gasteiger partial charge < -0.3 is 10.1 Å². The maximum Gasteiger partial charge on any atom is 0.154 e. The third-order valence-corrected chi connectivity index (χ3v) is 4.44. The minimum atomic E-state index is -0.441. The lowest BCUT2D eigenvalue weighted by atomic mass is 10.1. The first-order chi connectivity index (χ1) is 11.7. The third-order valence-electron chi connectivity index (χ3n) is 4.15. The van der Waals surface area contributed by atoms with Crippen molar-refractivity contribution in [3.8, 4) is 11.3 Å². The van der Waals surface area contributed by atoms with Crippen LogP contribution < -0.4 is 5.32 Å². The van der Waals surface area contributed by atoms with Crippen LogP contribution in [0.5, 0.6) is 0 Å². The number of nitrogens with one attached hydrogen (secondary N) is 1. The maximum atomic E-state index is 13.4. The van der Waals surface area contributed by atoms with Gasteiger partial charge in [-0.15, -0.1) is 5.10 Å². The van der Waals surface area contributed by atoms with Gasteiger partial charge in [0.05, 0.1) is 16.9 Å².